The maximum atomic E-state index is 11.2. The van der Waals surface area contributed by atoms with Crippen molar-refractivity contribution in [2.75, 3.05) is 19.6 Å². The number of rotatable bonds is 4. The second-order valence-electron chi connectivity index (χ2n) is 6.58. The van der Waals surface area contributed by atoms with Crippen LogP contribution in [0.4, 0.5) is 0 Å². The van der Waals surface area contributed by atoms with E-state index in [1.165, 1.54) is 38.5 Å². The van der Waals surface area contributed by atoms with Crippen molar-refractivity contribution in [3.05, 3.63) is 0 Å². The molecule has 1 spiro atoms. The predicted octanol–water partition coefficient (Wildman–Crippen LogP) is 1.24. The zero-order valence-corrected chi connectivity index (χ0v) is 11.6. The Labute approximate surface area is 110 Å². The molecule has 4 heteroatoms. The molecule has 0 aromatic carbocycles. The molecule has 4 nitrogen and oxygen atoms in total. The van der Waals surface area contributed by atoms with Crippen LogP contribution in [-0.4, -0.2) is 36.0 Å². The van der Waals surface area contributed by atoms with E-state index < -0.39 is 11.4 Å². The third kappa shape index (κ3) is 3.04. The number of hydrogen-bond acceptors (Lipinski definition) is 3. The van der Waals surface area contributed by atoms with Gasteiger partial charge in [-0.1, -0.05) is 12.8 Å². The van der Waals surface area contributed by atoms with Gasteiger partial charge >= 0.3 is 0 Å². The van der Waals surface area contributed by atoms with E-state index in [1.807, 2.05) is 0 Å². The minimum atomic E-state index is -0.859. The molecule has 0 bridgehead atoms. The van der Waals surface area contributed by atoms with Gasteiger partial charge in [0.05, 0.1) is 5.54 Å². The molecule has 1 saturated carbocycles. The van der Waals surface area contributed by atoms with E-state index in [2.05, 4.69) is 4.90 Å². The molecular weight excluding hydrogens is 226 g/mol. The van der Waals surface area contributed by atoms with Gasteiger partial charge in [0, 0.05) is 6.54 Å². The van der Waals surface area contributed by atoms with E-state index in [4.69, 9.17) is 11.5 Å². The van der Waals surface area contributed by atoms with Crippen LogP contribution in [0.3, 0.4) is 0 Å². The molecule has 1 saturated heterocycles. The molecule has 2 rings (SSSR count). The average molecular weight is 253 g/mol. The molecule has 1 atom stereocenters. The lowest BCUT2D eigenvalue weighted by Crippen LogP contribution is -2.52. The Morgan fingerprint density at radius 3 is 2.28 bits per heavy atom. The second kappa shape index (κ2) is 5.17. The third-order valence-electron chi connectivity index (χ3n) is 5.09. The van der Waals surface area contributed by atoms with Crippen molar-refractivity contribution in [2.45, 2.75) is 57.4 Å². The number of carbonyl (C=O) groups is 1. The van der Waals surface area contributed by atoms with Crippen molar-refractivity contribution in [3.63, 3.8) is 0 Å². The lowest BCUT2D eigenvalue weighted by atomic mass is 9.77. The summed E-state index contributed by atoms with van der Waals surface area (Å²) in [6.45, 7) is 4.95. The number of primary amides is 1. The fourth-order valence-corrected chi connectivity index (χ4v) is 3.39. The number of likely N-dealkylation sites (tertiary alicyclic amines) is 1. The molecule has 1 heterocycles. The summed E-state index contributed by atoms with van der Waals surface area (Å²) < 4.78 is 0. The van der Waals surface area contributed by atoms with E-state index in [0.717, 1.165) is 19.6 Å². The van der Waals surface area contributed by atoms with Crippen molar-refractivity contribution < 1.29 is 4.79 Å². The minimum Gasteiger partial charge on any atom is -0.368 e. The van der Waals surface area contributed by atoms with Crippen LogP contribution in [0.1, 0.15) is 51.9 Å². The first-order chi connectivity index (χ1) is 8.44. The van der Waals surface area contributed by atoms with Gasteiger partial charge in [0.2, 0.25) is 5.91 Å². The molecule has 1 aliphatic carbocycles. The molecule has 4 N–H and O–H groups in total. The maximum absolute atomic E-state index is 11.2. The quantitative estimate of drug-likeness (QED) is 0.791. The van der Waals surface area contributed by atoms with E-state index in [0.29, 0.717) is 11.8 Å². The Hall–Kier alpha value is -0.610. The fraction of sp³-hybridized carbons (Fsp3) is 0.929. The molecule has 1 amide bonds. The largest absolute Gasteiger partial charge is 0.368 e. The van der Waals surface area contributed by atoms with Crippen LogP contribution in [0, 0.1) is 5.41 Å². The first kappa shape index (κ1) is 13.8. The fourth-order valence-electron chi connectivity index (χ4n) is 3.39. The number of piperidine rings is 1. The molecule has 18 heavy (non-hydrogen) atoms. The Morgan fingerprint density at radius 1 is 1.22 bits per heavy atom. The van der Waals surface area contributed by atoms with Crippen molar-refractivity contribution >= 4 is 5.91 Å². The summed E-state index contributed by atoms with van der Waals surface area (Å²) in [5, 5.41) is 0. The van der Waals surface area contributed by atoms with Gasteiger partial charge in [-0.3, -0.25) is 4.79 Å². The van der Waals surface area contributed by atoms with E-state index in [1.54, 1.807) is 6.92 Å². The standard InChI is InChI=1S/C14H27N3O/c1-13(16,12(15)18)6-9-17-10-7-14(8-11-17)4-2-3-5-14/h2-11,16H2,1H3,(H2,15,18). The monoisotopic (exact) mass is 253 g/mol. The van der Waals surface area contributed by atoms with Crippen LogP contribution in [0.5, 0.6) is 0 Å². The highest BCUT2D eigenvalue weighted by atomic mass is 16.1. The molecule has 1 aliphatic heterocycles. The number of hydrogen-bond donors (Lipinski definition) is 2. The number of nitrogens with zero attached hydrogens (tertiary/aromatic N) is 1. The molecule has 104 valence electrons. The van der Waals surface area contributed by atoms with Crippen LogP contribution in [0.15, 0.2) is 0 Å². The normalized spacial score (nSPS) is 27.2. The van der Waals surface area contributed by atoms with Gasteiger partial charge in [-0.2, -0.15) is 0 Å². The van der Waals surface area contributed by atoms with Crippen LogP contribution < -0.4 is 11.5 Å². The molecule has 2 aliphatic rings. The van der Waals surface area contributed by atoms with Crippen LogP contribution >= 0.6 is 0 Å². The highest BCUT2D eigenvalue weighted by Crippen LogP contribution is 2.46. The number of amides is 1. The van der Waals surface area contributed by atoms with Crippen LogP contribution in [-0.2, 0) is 4.79 Å². The van der Waals surface area contributed by atoms with Crippen molar-refractivity contribution in [3.8, 4) is 0 Å². The van der Waals surface area contributed by atoms with Gasteiger partial charge in [-0.05, 0) is 57.5 Å². The summed E-state index contributed by atoms with van der Waals surface area (Å²) in [4.78, 5) is 13.6. The van der Waals surface area contributed by atoms with E-state index in [9.17, 15) is 4.79 Å². The third-order valence-corrected chi connectivity index (χ3v) is 5.09. The average Bonchev–Trinajstić information content (AvgIpc) is 2.77. The summed E-state index contributed by atoms with van der Waals surface area (Å²) in [6.07, 6.45) is 9.00. The lowest BCUT2D eigenvalue weighted by Gasteiger charge is -2.40. The summed E-state index contributed by atoms with van der Waals surface area (Å²) in [5.41, 5.74) is 11.0. The Bertz CT molecular complexity index is 298. The first-order valence-corrected chi connectivity index (χ1v) is 7.25. The van der Waals surface area contributed by atoms with Gasteiger partial charge in [0.25, 0.3) is 0 Å². The second-order valence-corrected chi connectivity index (χ2v) is 6.58. The van der Waals surface area contributed by atoms with Crippen molar-refractivity contribution in [1.82, 2.24) is 4.90 Å². The van der Waals surface area contributed by atoms with Crippen molar-refractivity contribution in [2.24, 2.45) is 16.9 Å². The maximum Gasteiger partial charge on any atom is 0.237 e. The van der Waals surface area contributed by atoms with Gasteiger partial charge in [-0.25, -0.2) is 0 Å². The van der Waals surface area contributed by atoms with Gasteiger partial charge in [0.15, 0.2) is 0 Å². The lowest BCUT2D eigenvalue weighted by molar-refractivity contribution is -0.122. The van der Waals surface area contributed by atoms with Crippen LogP contribution in [0.2, 0.25) is 0 Å². The highest BCUT2D eigenvalue weighted by molar-refractivity contribution is 5.83. The summed E-state index contributed by atoms with van der Waals surface area (Å²) in [5.74, 6) is -0.397. The van der Waals surface area contributed by atoms with Crippen LogP contribution in [0.25, 0.3) is 0 Å². The molecule has 2 fully saturated rings. The van der Waals surface area contributed by atoms with Gasteiger partial charge in [-0.15, -0.1) is 0 Å². The molecular formula is C14H27N3O. The Morgan fingerprint density at radius 2 is 1.78 bits per heavy atom. The minimum absolute atomic E-state index is 0.397. The molecule has 0 radical (unpaired) electrons. The van der Waals surface area contributed by atoms with E-state index >= 15 is 0 Å². The molecule has 1 unspecified atom stereocenters. The summed E-state index contributed by atoms with van der Waals surface area (Å²) in [6, 6.07) is 0. The summed E-state index contributed by atoms with van der Waals surface area (Å²) >= 11 is 0. The highest BCUT2D eigenvalue weighted by Gasteiger charge is 2.37. The number of nitrogens with two attached hydrogens (primary N) is 2. The van der Waals surface area contributed by atoms with Gasteiger partial charge in [0.1, 0.15) is 0 Å². The topological polar surface area (TPSA) is 72.3 Å². The number of carbonyl (C=O) groups excluding carboxylic acids is 1. The summed E-state index contributed by atoms with van der Waals surface area (Å²) in [7, 11) is 0. The smallest absolute Gasteiger partial charge is 0.237 e. The predicted molar refractivity (Wildman–Crippen MR) is 73.0 cm³/mol. The zero-order valence-electron chi connectivity index (χ0n) is 11.6. The Balaban J connectivity index is 1.75. The molecule has 0 aromatic heterocycles. The van der Waals surface area contributed by atoms with E-state index in [-0.39, 0.29) is 0 Å². The SMILES string of the molecule is CC(N)(CCN1CCC2(CCCC2)CC1)C(N)=O. The van der Waals surface area contributed by atoms with Gasteiger partial charge < -0.3 is 16.4 Å². The zero-order chi connectivity index (χ0) is 13.2. The first-order valence-electron chi connectivity index (χ1n) is 7.25. The van der Waals surface area contributed by atoms with Crippen molar-refractivity contribution in [1.29, 1.82) is 0 Å². The Kier molecular flexibility index (Phi) is 3.97. The molecule has 0 aromatic rings.